The van der Waals surface area contributed by atoms with Crippen LogP contribution in [0, 0.1) is 0 Å². The van der Waals surface area contributed by atoms with Crippen LogP contribution in [0.25, 0.3) is 0 Å². The molecule has 0 amide bonds. The summed E-state index contributed by atoms with van der Waals surface area (Å²) in [6.45, 7) is -10.4. The van der Waals surface area contributed by atoms with E-state index in [9.17, 15) is 54.3 Å². The number of Topliss-reactive ketones (excluding diaryl/α,β-unsaturated/α-hetero) is 6. The summed E-state index contributed by atoms with van der Waals surface area (Å²) in [5.41, 5.74) is -18.2. The van der Waals surface area contributed by atoms with Gasteiger partial charge in [-0.3, -0.25) is 28.8 Å². The molecule has 0 aromatic carbocycles. The molecule has 0 aliphatic rings. The molecule has 0 saturated heterocycles. The van der Waals surface area contributed by atoms with Crippen molar-refractivity contribution < 1.29 is 61.2 Å². The van der Waals surface area contributed by atoms with Gasteiger partial charge in [0.25, 0.3) is 0 Å². The summed E-state index contributed by atoms with van der Waals surface area (Å²) >= 11 is 0. The largest absolute Gasteiger partial charge is 0.393 e. The van der Waals surface area contributed by atoms with Crippen molar-refractivity contribution in [2.45, 2.75) is 56.9 Å². The van der Waals surface area contributed by atoms with Crippen molar-refractivity contribution in [3.05, 3.63) is 0 Å². The van der Waals surface area contributed by atoms with Crippen LogP contribution in [0.2, 0.25) is 0 Å². The van der Waals surface area contributed by atoms with Crippen LogP contribution in [-0.2, 0) is 28.8 Å². The highest BCUT2D eigenvalue weighted by atomic mass is 16.4. The van der Waals surface area contributed by atoms with Gasteiger partial charge in [0, 0.05) is 13.8 Å². The summed E-state index contributed by atoms with van der Waals surface area (Å²) in [4.78, 5) is 74.1. The van der Waals surface area contributed by atoms with Crippen LogP contribution in [0.3, 0.4) is 0 Å². The Morgan fingerprint density at radius 2 is 1.15 bits per heavy atom. The zero-order valence-corrected chi connectivity index (χ0v) is 13.9. The fourth-order valence-corrected chi connectivity index (χ4v) is 2.50. The van der Waals surface area contributed by atoms with E-state index in [0.717, 1.165) is 0 Å². The third-order valence-electron chi connectivity index (χ3n) is 4.13. The van der Waals surface area contributed by atoms with Gasteiger partial charge in [-0.2, -0.15) is 0 Å². The van der Waals surface area contributed by atoms with Crippen molar-refractivity contribution >= 4 is 34.7 Å². The molecule has 152 valence electrons. The zero-order chi connectivity index (χ0) is 25.7. The highest BCUT2D eigenvalue weighted by Gasteiger charge is 2.79. The second kappa shape index (κ2) is 7.44. The van der Waals surface area contributed by atoms with Crippen molar-refractivity contribution in [3.8, 4) is 0 Å². The molecule has 0 aromatic rings. The zero-order valence-electron chi connectivity index (χ0n) is 18.9. The van der Waals surface area contributed by atoms with E-state index in [-0.39, 0.29) is 0 Å². The van der Waals surface area contributed by atoms with Crippen LogP contribution >= 0.6 is 0 Å². The Morgan fingerprint density at radius 3 is 1.52 bits per heavy atom. The third kappa shape index (κ3) is 2.97. The minimum absolute atomic E-state index is 1.52. The first kappa shape index (κ1) is 17.0. The van der Waals surface area contributed by atoms with Gasteiger partial charge < -0.3 is 25.5 Å². The summed E-state index contributed by atoms with van der Waals surface area (Å²) < 4.78 is 35.5. The van der Waals surface area contributed by atoms with E-state index in [2.05, 4.69) is 0 Å². The van der Waals surface area contributed by atoms with E-state index in [1.165, 1.54) is 0 Å². The maximum atomic E-state index is 12.6. The van der Waals surface area contributed by atoms with Gasteiger partial charge in [-0.1, -0.05) is 0 Å². The first-order chi connectivity index (χ1) is 14.6. The molecule has 0 unspecified atom stereocenters. The summed E-state index contributed by atoms with van der Waals surface area (Å²) in [6, 6.07) is 0. The smallest absolute Gasteiger partial charge is 0.240 e. The summed E-state index contributed by atoms with van der Waals surface area (Å²) in [5, 5.41) is 53.3. The lowest BCUT2D eigenvalue weighted by atomic mass is 9.57. The van der Waals surface area contributed by atoms with Crippen LogP contribution < -0.4 is 0 Å². The van der Waals surface area contributed by atoms with Crippen molar-refractivity contribution in [3.63, 3.8) is 0 Å². The molecule has 11 heteroatoms. The van der Waals surface area contributed by atoms with Gasteiger partial charge in [-0.25, -0.2) is 0 Å². The van der Waals surface area contributed by atoms with Crippen molar-refractivity contribution in [2.24, 2.45) is 0 Å². The molecule has 0 fully saturated rings. The molecule has 0 radical (unpaired) electrons. The fourth-order valence-electron chi connectivity index (χ4n) is 2.50. The monoisotopic (exact) mass is 395 g/mol. The number of hydrogen-bond donors (Lipinski definition) is 5. The molecule has 5 N–H and O–H groups in total. The van der Waals surface area contributed by atoms with Crippen LogP contribution in [0.5, 0.6) is 0 Å². The Labute approximate surface area is 160 Å². The Kier molecular flexibility index (Phi) is 4.67. The van der Waals surface area contributed by atoms with Gasteiger partial charge in [-0.15, -0.1) is 0 Å². The molecule has 0 aromatic heterocycles. The molecule has 0 heterocycles. The second-order valence-electron chi connectivity index (χ2n) is 5.59. The number of carbonyl (C=O) groups excluding carboxylic acids is 6. The molecule has 27 heavy (non-hydrogen) atoms. The second-order valence-corrected chi connectivity index (χ2v) is 5.59. The average Bonchev–Trinajstić information content (AvgIpc) is 2.82. The summed E-state index contributed by atoms with van der Waals surface area (Å²) in [5.74, 6) is -13.3. The van der Waals surface area contributed by atoms with E-state index < -0.39 is 98.2 Å². The first-order valence-corrected chi connectivity index (χ1v) is 6.81. The van der Waals surface area contributed by atoms with E-state index in [1.807, 2.05) is 0 Å². The lowest BCUT2D eigenvalue weighted by molar-refractivity contribution is -0.264. The van der Waals surface area contributed by atoms with Gasteiger partial charge in [-0.05, 0) is 27.6 Å². The number of rotatable bonds is 10. The third-order valence-corrected chi connectivity index (χ3v) is 4.13. The van der Waals surface area contributed by atoms with Crippen molar-refractivity contribution in [2.75, 3.05) is 6.61 Å². The molecule has 11 nitrogen and oxygen atoms in total. The molecule has 0 aliphatic carbocycles. The standard InChI is InChI=1S/C16H22O11/c1-7(18)12(23)14(25,9(3)20)16(27,11(5)22)15(26,10(4)21)13(24,6-17)8(2)19/h17,24-27H,6H2,1-5H3/t13-,14+,15+,16+/m0/s1/i1D,2D,3D,4D,5D. The van der Waals surface area contributed by atoms with Gasteiger partial charge in [0.2, 0.25) is 22.6 Å². The summed E-state index contributed by atoms with van der Waals surface area (Å²) in [7, 11) is 0. The number of aliphatic hydroxyl groups is 5. The Balaban J connectivity index is 8.00. The van der Waals surface area contributed by atoms with Crippen LogP contribution in [-0.4, -0.2) is 89.2 Å². The lowest BCUT2D eigenvalue weighted by Crippen LogP contribution is -2.85. The van der Waals surface area contributed by atoms with Gasteiger partial charge in [0.05, 0.1) is 6.61 Å². The number of carbonyl (C=O) groups is 6. The van der Waals surface area contributed by atoms with Crippen LogP contribution in [0.1, 0.15) is 41.4 Å². The van der Waals surface area contributed by atoms with Gasteiger partial charge >= 0.3 is 0 Å². The lowest BCUT2D eigenvalue weighted by Gasteiger charge is -2.52. The maximum absolute atomic E-state index is 12.6. The van der Waals surface area contributed by atoms with Crippen LogP contribution in [0.15, 0.2) is 0 Å². The quantitative estimate of drug-likeness (QED) is 0.181. The predicted molar refractivity (Wildman–Crippen MR) is 85.3 cm³/mol. The Morgan fingerprint density at radius 1 is 0.704 bits per heavy atom. The Hall–Kier alpha value is -2.18. The molecule has 0 bridgehead atoms. The summed E-state index contributed by atoms with van der Waals surface area (Å²) in [6.07, 6.45) is 0. The van der Waals surface area contributed by atoms with Gasteiger partial charge in [0.1, 0.15) is 0 Å². The molecule has 0 aliphatic heterocycles. The van der Waals surface area contributed by atoms with E-state index in [0.29, 0.717) is 0 Å². The fraction of sp³-hybridized carbons (Fsp3) is 0.625. The molecule has 0 rings (SSSR count). The topological polar surface area (TPSA) is 204 Å². The normalized spacial score (nSPS) is 22.6. The number of aliphatic hydroxyl groups excluding tert-OH is 1. The average molecular weight is 395 g/mol. The maximum Gasteiger partial charge on any atom is 0.240 e. The SMILES string of the molecule is [2H]CC(=O)C(=O)[C@](O)(C(=O)C[2H])[C@](O)(C(=O)C[2H])[C@@](O)(C(=O)C[2H])[C@](O)(CO)C(=O)C[2H]. The van der Waals surface area contributed by atoms with E-state index in [4.69, 9.17) is 6.85 Å². The van der Waals surface area contributed by atoms with Crippen molar-refractivity contribution in [1.82, 2.24) is 0 Å². The first-order valence-electron chi connectivity index (χ1n) is 10.3. The predicted octanol–water partition coefficient (Wildman–Crippen LogP) is -3.58. The van der Waals surface area contributed by atoms with E-state index in [1.54, 1.807) is 0 Å². The molecule has 0 saturated carbocycles. The highest BCUT2D eigenvalue weighted by molar-refractivity contribution is 6.45. The molecule has 4 atom stereocenters. The van der Waals surface area contributed by atoms with Crippen molar-refractivity contribution in [1.29, 1.82) is 0 Å². The number of hydrogen-bond acceptors (Lipinski definition) is 11. The highest BCUT2D eigenvalue weighted by Crippen LogP contribution is 2.43. The molecular formula is C16H22O11. The number of ketones is 6. The van der Waals surface area contributed by atoms with Gasteiger partial charge in [0.15, 0.2) is 34.5 Å². The van der Waals surface area contributed by atoms with Crippen LogP contribution in [0.4, 0.5) is 0 Å². The minimum atomic E-state index is -4.79. The minimum Gasteiger partial charge on any atom is -0.393 e. The molecular weight excluding hydrogens is 368 g/mol. The van der Waals surface area contributed by atoms with E-state index >= 15 is 0 Å². The Bertz CT molecular complexity index is 820. The molecule has 0 spiro atoms.